The first-order valence-corrected chi connectivity index (χ1v) is 12.3. The molecule has 1 aliphatic heterocycles. The molecule has 170 valence electrons. The molecular weight excluding hydrogens is 430 g/mol. The smallest absolute Gasteiger partial charge is 0.233 e. The summed E-state index contributed by atoms with van der Waals surface area (Å²) in [6.07, 6.45) is 0.360. The van der Waals surface area contributed by atoms with Crippen molar-refractivity contribution < 1.29 is 9.53 Å². The zero-order valence-corrected chi connectivity index (χ0v) is 20.0. The molecule has 0 N–H and O–H groups in total. The van der Waals surface area contributed by atoms with Crippen molar-refractivity contribution >= 4 is 43.4 Å². The summed E-state index contributed by atoms with van der Waals surface area (Å²) >= 11 is 1.61. The number of amides is 1. The van der Waals surface area contributed by atoms with Gasteiger partial charge in [-0.1, -0.05) is 53.8 Å². The van der Waals surface area contributed by atoms with Crippen molar-refractivity contribution in [1.29, 1.82) is 0 Å². The standard InChI is InChI=1S/C27H29N3O2S/c1-19-16-24-25(17-20(19)2)33-27(28-24)30(11-10-29-12-14-32-15-13-29)26(31)18-22-8-5-7-21-6-3-4-9-23(21)22/h3-9,16-17H,10-15,18H2,1-2H3. The molecule has 33 heavy (non-hydrogen) atoms. The van der Waals surface area contributed by atoms with Crippen LogP contribution in [0.25, 0.3) is 21.0 Å². The first-order valence-electron chi connectivity index (χ1n) is 11.5. The molecule has 1 aliphatic rings. The monoisotopic (exact) mass is 459 g/mol. The first-order chi connectivity index (χ1) is 16.1. The third-order valence-electron chi connectivity index (χ3n) is 6.49. The van der Waals surface area contributed by atoms with Crippen LogP contribution in [0, 0.1) is 13.8 Å². The fourth-order valence-corrected chi connectivity index (χ4v) is 5.47. The molecule has 1 fully saturated rings. The maximum absolute atomic E-state index is 13.7. The number of morpholine rings is 1. The van der Waals surface area contributed by atoms with Crippen molar-refractivity contribution in [2.45, 2.75) is 20.3 Å². The lowest BCUT2D eigenvalue weighted by atomic mass is 10.0. The maximum atomic E-state index is 13.7. The summed E-state index contributed by atoms with van der Waals surface area (Å²) in [5.41, 5.74) is 4.50. The predicted molar refractivity (Wildman–Crippen MR) is 136 cm³/mol. The molecule has 0 spiro atoms. The summed E-state index contributed by atoms with van der Waals surface area (Å²) in [5.74, 6) is 0.0899. The Morgan fingerprint density at radius 1 is 1.06 bits per heavy atom. The van der Waals surface area contributed by atoms with E-state index < -0.39 is 0 Å². The third-order valence-corrected chi connectivity index (χ3v) is 7.53. The molecule has 4 aromatic rings. The molecule has 5 rings (SSSR count). The summed E-state index contributed by atoms with van der Waals surface area (Å²) in [6, 6.07) is 18.8. The van der Waals surface area contributed by atoms with Gasteiger partial charge in [-0.3, -0.25) is 14.6 Å². The number of carbonyl (C=O) groups is 1. The van der Waals surface area contributed by atoms with Crippen LogP contribution in [-0.4, -0.2) is 55.2 Å². The Bertz CT molecular complexity index is 1250. The molecule has 2 heterocycles. The lowest BCUT2D eigenvalue weighted by Crippen LogP contribution is -2.43. The van der Waals surface area contributed by atoms with Gasteiger partial charge >= 0.3 is 0 Å². The van der Waals surface area contributed by atoms with Gasteiger partial charge in [0.2, 0.25) is 5.91 Å². The first kappa shape index (κ1) is 22.0. The van der Waals surface area contributed by atoms with Gasteiger partial charge in [0, 0.05) is 26.2 Å². The van der Waals surface area contributed by atoms with Gasteiger partial charge < -0.3 is 4.74 Å². The van der Waals surface area contributed by atoms with Crippen molar-refractivity contribution in [3.05, 3.63) is 71.3 Å². The molecular formula is C27H29N3O2S. The Hall–Kier alpha value is -2.80. The average Bonchev–Trinajstić information content (AvgIpc) is 3.22. The second-order valence-corrected chi connectivity index (χ2v) is 9.72. The van der Waals surface area contributed by atoms with Gasteiger partial charge in [0.05, 0.1) is 29.9 Å². The van der Waals surface area contributed by atoms with Crippen LogP contribution in [0.5, 0.6) is 0 Å². The number of anilines is 1. The van der Waals surface area contributed by atoms with Gasteiger partial charge in [0.15, 0.2) is 5.13 Å². The Labute approximate surface area is 198 Å². The minimum Gasteiger partial charge on any atom is -0.379 e. The van der Waals surface area contributed by atoms with Crippen LogP contribution >= 0.6 is 11.3 Å². The molecule has 0 atom stereocenters. The van der Waals surface area contributed by atoms with Gasteiger partial charge in [-0.15, -0.1) is 0 Å². The Kier molecular flexibility index (Phi) is 6.40. The van der Waals surface area contributed by atoms with Crippen LogP contribution in [0.15, 0.2) is 54.6 Å². The van der Waals surface area contributed by atoms with E-state index in [1.54, 1.807) is 11.3 Å². The van der Waals surface area contributed by atoms with Crippen molar-refractivity contribution in [1.82, 2.24) is 9.88 Å². The molecule has 1 amide bonds. The number of rotatable bonds is 6. The summed E-state index contributed by atoms with van der Waals surface area (Å²) < 4.78 is 6.62. The molecule has 0 radical (unpaired) electrons. The highest BCUT2D eigenvalue weighted by Gasteiger charge is 2.22. The molecule has 0 bridgehead atoms. The zero-order chi connectivity index (χ0) is 22.8. The molecule has 3 aromatic carbocycles. The third kappa shape index (κ3) is 4.78. The Morgan fingerprint density at radius 2 is 1.82 bits per heavy atom. The molecule has 1 saturated heterocycles. The number of nitrogens with zero attached hydrogens (tertiary/aromatic N) is 3. The molecule has 6 heteroatoms. The summed E-state index contributed by atoms with van der Waals surface area (Å²) in [4.78, 5) is 22.8. The maximum Gasteiger partial charge on any atom is 0.233 e. The number of thiazole rings is 1. The van der Waals surface area contributed by atoms with Crippen LogP contribution in [0.3, 0.4) is 0 Å². The van der Waals surface area contributed by atoms with E-state index in [0.29, 0.717) is 13.0 Å². The number of fused-ring (bicyclic) bond motifs is 2. The van der Waals surface area contributed by atoms with Crippen molar-refractivity contribution in [2.75, 3.05) is 44.3 Å². The van der Waals surface area contributed by atoms with E-state index in [1.165, 1.54) is 11.1 Å². The van der Waals surface area contributed by atoms with Crippen molar-refractivity contribution in [3.63, 3.8) is 0 Å². The number of aryl methyl sites for hydroxylation is 2. The topological polar surface area (TPSA) is 45.7 Å². The van der Waals surface area contributed by atoms with Crippen molar-refractivity contribution in [2.24, 2.45) is 0 Å². The fourth-order valence-electron chi connectivity index (χ4n) is 4.38. The summed E-state index contributed by atoms with van der Waals surface area (Å²) in [7, 11) is 0. The van der Waals surface area contributed by atoms with Crippen LogP contribution in [-0.2, 0) is 16.0 Å². The lowest BCUT2D eigenvalue weighted by molar-refractivity contribution is -0.118. The number of benzene rings is 3. The average molecular weight is 460 g/mol. The van der Waals surface area contributed by atoms with Gasteiger partial charge in [0.25, 0.3) is 0 Å². The molecule has 0 aliphatic carbocycles. The van der Waals surface area contributed by atoms with E-state index in [0.717, 1.165) is 64.5 Å². The fraction of sp³-hybridized carbons (Fsp3) is 0.333. The number of hydrogen-bond donors (Lipinski definition) is 0. The lowest BCUT2D eigenvalue weighted by Gasteiger charge is -2.29. The highest BCUT2D eigenvalue weighted by Crippen LogP contribution is 2.31. The SMILES string of the molecule is Cc1cc2nc(N(CCN3CCOCC3)C(=O)Cc3cccc4ccccc34)sc2cc1C. The predicted octanol–water partition coefficient (Wildman–Crippen LogP) is 4.97. The van der Waals surface area contributed by atoms with E-state index in [1.807, 2.05) is 23.1 Å². The number of carbonyl (C=O) groups excluding carboxylic acids is 1. The van der Waals surface area contributed by atoms with E-state index in [-0.39, 0.29) is 5.91 Å². The number of hydrogen-bond acceptors (Lipinski definition) is 5. The second kappa shape index (κ2) is 9.59. The normalized spacial score (nSPS) is 14.7. The molecule has 0 unspecified atom stereocenters. The van der Waals surface area contributed by atoms with E-state index in [9.17, 15) is 4.79 Å². The van der Waals surface area contributed by atoms with E-state index in [2.05, 4.69) is 55.1 Å². The highest BCUT2D eigenvalue weighted by molar-refractivity contribution is 7.22. The van der Waals surface area contributed by atoms with Gasteiger partial charge in [-0.25, -0.2) is 4.98 Å². The second-order valence-electron chi connectivity index (χ2n) is 8.72. The van der Waals surface area contributed by atoms with Gasteiger partial charge in [-0.05, 0) is 53.4 Å². The van der Waals surface area contributed by atoms with Crippen LogP contribution in [0.4, 0.5) is 5.13 Å². The van der Waals surface area contributed by atoms with Gasteiger partial charge in [-0.2, -0.15) is 0 Å². The van der Waals surface area contributed by atoms with Crippen LogP contribution in [0.2, 0.25) is 0 Å². The quantitative estimate of drug-likeness (QED) is 0.408. The Morgan fingerprint density at radius 3 is 2.67 bits per heavy atom. The molecule has 0 saturated carbocycles. The highest BCUT2D eigenvalue weighted by atomic mass is 32.1. The number of aromatic nitrogens is 1. The minimum absolute atomic E-state index is 0.0899. The van der Waals surface area contributed by atoms with E-state index >= 15 is 0 Å². The minimum atomic E-state index is 0.0899. The zero-order valence-electron chi connectivity index (χ0n) is 19.2. The molecule has 1 aromatic heterocycles. The van der Waals surface area contributed by atoms with Crippen molar-refractivity contribution in [3.8, 4) is 0 Å². The van der Waals surface area contributed by atoms with Crippen LogP contribution < -0.4 is 4.90 Å². The summed E-state index contributed by atoms with van der Waals surface area (Å²) in [6.45, 7) is 8.99. The van der Waals surface area contributed by atoms with Gasteiger partial charge in [0.1, 0.15) is 0 Å². The number of ether oxygens (including phenoxy) is 1. The molecule has 5 nitrogen and oxygen atoms in total. The van der Waals surface area contributed by atoms with Crippen LogP contribution in [0.1, 0.15) is 16.7 Å². The summed E-state index contributed by atoms with van der Waals surface area (Å²) in [5, 5.41) is 3.08. The van der Waals surface area contributed by atoms with E-state index in [4.69, 9.17) is 9.72 Å². The Balaban J connectivity index is 1.45. The largest absolute Gasteiger partial charge is 0.379 e.